The lowest BCUT2D eigenvalue weighted by molar-refractivity contribution is 0.459. The molecule has 1 aliphatic rings. The molecule has 100 valence electrons. The van der Waals surface area contributed by atoms with Crippen molar-refractivity contribution in [3.8, 4) is 0 Å². The Labute approximate surface area is 114 Å². The van der Waals surface area contributed by atoms with E-state index in [4.69, 9.17) is 17.3 Å². The first-order chi connectivity index (χ1) is 8.74. The van der Waals surface area contributed by atoms with Gasteiger partial charge in [-0.05, 0) is 36.8 Å². The minimum Gasteiger partial charge on any atom is -0.355 e. The normalized spacial score (nSPS) is 20.8. The lowest BCUT2D eigenvalue weighted by Gasteiger charge is -2.23. The molecule has 3 nitrogen and oxygen atoms in total. The molecule has 0 radical (unpaired) electrons. The van der Waals surface area contributed by atoms with E-state index in [1.165, 1.54) is 25.7 Å². The van der Waals surface area contributed by atoms with Crippen LogP contribution in [0.4, 0.5) is 5.82 Å². The van der Waals surface area contributed by atoms with E-state index < -0.39 is 0 Å². The van der Waals surface area contributed by atoms with E-state index in [9.17, 15) is 0 Å². The highest BCUT2D eigenvalue weighted by Crippen LogP contribution is 2.28. The molecule has 0 aromatic carbocycles. The van der Waals surface area contributed by atoms with Crippen LogP contribution in [0.2, 0.25) is 5.02 Å². The highest BCUT2D eigenvalue weighted by Gasteiger charge is 2.18. The molecule has 1 unspecified atom stereocenters. The molecule has 1 fully saturated rings. The van der Waals surface area contributed by atoms with Crippen LogP contribution in [0.1, 0.15) is 38.2 Å². The van der Waals surface area contributed by atoms with Crippen LogP contribution >= 0.6 is 11.6 Å². The fraction of sp³-hybridized carbons (Fsp3) is 0.643. The summed E-state index contributed by atoms with van der Waals surface area (Å²) in [5, 5.41) is 0.730. The van der Waals surface area contributed by atoms with Crippen LogP contribution in [-0.4, -0.2) is 18.1 Å². The van der Waals surface area contributed by atoms with Crippen LogP contribution in [0.15, 0.2) is 12.3 Å². The maximum Gasteiger partial charge on any atom is 0.147 e. The van der Waals surface area contributed by atoms with Gasteiger partial charge in [0.15, 0.2) is 0 Å². The van der Waals surface area contributed by atoms with Gasteiger partial charge in [-0.3, -0.25) is 0 Å². The second kappa shape index (κ2) is 6.39. The smallest absolute Gasteiger partial charge is 0.147 e. The third-order valence-electron chi connectivity index (χ3n) is 3.84. The van der Waals surface area contributed by atoms with Gasteiger partial charge in [-0.25, -0.2) is 4.98 Å². The molecular weight excluding hydrogens is 246 g/mol. The number of rotatable bonds is 3. The zero-order valence-corrected chi connectivity index (χ0v) is 11.8. The highest BCUT2D eigenvalue weighted by molar-refractivity contribution is 6.33. The Morgan fingerprint density at radius 3 is 2.94 bits per heavy atom. The molecule has 0 bridgehead atoms. The molecule has 1 atom stereocenters. The first-order valence-corrected chi connectivity index (χ1v) is 7.21. The molecule has 1 aliphatic heterocycles. The number of anilines is 1. The Bertz CT molecular complexity index is 395. The summed E-state index contributed by atoms with van der Waals surface area (Å²) in [6.45, 7) is 4.89. The zero-order valence-electron chi connectivity index (χ0n) is 11.0. The van der Waals surface area contributed by atoms with Crippen molar-refractivity contribution in [2.45, 2.75) is 39.2 Å². The summed E-state index contributed by atoms with van der Waals surface area (Å²) in [7, 11) is 0. The lowest BCUT2D eigenvalue weighted by atomic mass is 9.98. The molecule has 0 aliphatic carbocycles. The van der Waals surface area contributed by atoms with Crippen molar-refractivity contribution in [2.75, 3.05) is 18.0 Å². The van der Waals surface area contributed by atoms with E-state index in [-0.39, 0.29) is 0 Å². The van der Waals surface area contributed by atoms with Crippen LogP contribution < -0.4 is 10.6 Å². The number of nitrogens with two attached hydrogens (primary N) is 1. The number of hydrogen-bond acceptors (Lipinski definition) is 3. The van der Waals surface area contributed by atoms with Gasteiger partial charge >= 0.3 is 0 Å². The summed E-state index contributed by atoms with van der Waals surface area (Å²) in [5.74, 6) is 1.78. The maximum absolute atomic E-state index is 6.31. The molecule has 1 saturated heterocycles. The average molecular weight is 268 g/mol. The summed E-state index contributed by atoms with van der Waals surface area (Å²) < 4.78 is 0. The first kappa shape index (κ1) is 13.6. The Kier molecular flexibility index (Phi) is 4.84. The molecule has 1 aromatic rings. The van der Waals surface area contributed by atoms with E-state index in [1.54, 1.807) is 0 Å². The van der Waals surface area contributed by atoms with E-state index in [0.717, 1.165) is 35.4 Å². The SMILES string of the molecule is CCC1CCCN(c2ncc(CN)cc2Cl)CC1. The summed E-state index contributed by atoms with van der Waals surface area (Å²) in [5.41, 5.74) is 6.59. The van der Waals surface area contributed by atoms with Crippen molar-refractivity contribution in [2.24, 2.45) is 11.7 Å². The third-order valence-corrected chi connectivity index (χ3v) is 4.12. The van der Waals surface area contributed by atoms with Gasteiger partial charge in [0.2, 0.25) is 0 Å². The fourth-order valence-corrected chi connectivity index (χ4v) is 2.91. The first-order valence-electron chi connectivity index (χ1n) is 6.84. The third kappa shape index (κ3) is 3.15. The van der Waals surface area contributed by atoms with Gasteiger partial charge in [-0.1, -0.05) is 24.9 Å². The predicted molar refractivity (Wildman–Crippen MR) is 77.0 cm³/mol. The maximum atomic E-state index is 6.31. The second-order valence-electron chi connectivity index (χ2n) is 5.05. The molecular formula is C14H22ClN3. The Morgan fingerprint density at radius 2 is 2.28 bits per heavy atom. The fourth-order valence-electron chi connectivity index (χ4n) is 2.60. The van der Waals surface area contributed by atoms with E-state index in [0.29, 0.717) is 6.54 Å². The topological polar surface area (TPSA) is 42.2 Å². The van der Waals surface area contributed by atoms with Crippen molar-refractivity contribution in [3.05, 3.63) is 22.8 Å². The molecule has 1 aromatic heterocycles. The number of hydrogen-bond donors (Lipinski definition) is 1. The molecule has 4 heteroatoms. The average Bonchev–Trinajstić information content (AvgIpc) is 2.63. The van der Waals surface area contributed by atoms with Crippen LogP contribution in [0.25, 0.3) is 0 Å². The van der Waals surface area contributed by atoms with Crippen molar-refractivity contribution in [1.82, 2.24) is 4.98 Å². The van der Waals surface area contributed by atoms with E-state index in [1.807, 2.05) is 12.3 Å². The minimum atomic E-state index is 0.491. The highest BCUT2D eigenvalue weighted by atomic mass is 35.5. The molecule has 18 heavy (non-hydrogen) atoms. The van der Waals surface area contributed by atoms with Crippen molar-refractivity contribution in [3.63, 3.8) is 0 Å². The predicted octanol–water partition coefficient (Wildman–Crippen LogP) is 3.21. The molecule has 0 spiro atoms. The lowest BCUT2D eigenvalue weighted by Crippen LogP contribution is -2.25. The van der Waals surface area contributed by atoms with Gasteiger partial charge in [0, 0.05) is 25.8 Å². The zero-order chi connectivity index (χ0) is 13.0. The summed E-state index contributed by atoms with van der Waals surface area (Å²) in [6, 6.07) is 1.94. The quantitative estimate of drug-likeness (QED) is 0.914. The number of nitrogens with zero attached hydrogens (tertiary/aromatic N) is 2. The van der Waals surface area contributed by atoms with Gasteiger partial charge in [0.1, 0.15) is 5.82 Å². The van der Waals surface area contributed by atoms with Crippen LogP contribution in [0.5, 0.6) is 0 Å². The van der Waals surface area contributed by atoms with E-state index in [2.05, 4.69) is 16.8 Å². The van der Waals surface area contributed by atoms with Gasteiger partial charge in [0.05, 0.1) is 5.02 Å². The number of aromatic nitrogens is 1. The van der Waals surface area contributed by atoms with Gasteiger partial charge in [-0.2, -0.15) is 0 Å². The standard InChI is InChI=1S/C14H22ClN3/c1-2-11-4-3-6-18(7-5-11)14-13(15)8-12(9-16)10-17-14/h8,10-11H,2-7,9,16H2,1H3. The van der Waals surface area contributed by atoms with Gasteiger partial charge < -0.3 is 10.6 Å². The van der Waals surface area contributed by atoms with E-state index >= 15 is 0 Å². The van der Waals surface area contributed by atoms with Gasteiger partial charge in [0.25, 0.3) is 0 Å². The number of halogens is 1. The summed E-state index contributed by atoms with van der Waals surface area (Å²) >= 11 is 6.31. The Hall–Kier alpha value is -0.800. The van der Waals surface area contributed by atoms with Crippen LogP contribution in [0.3, 0.4) is 0 Å². The molecule has 2 N–H and O–H groups in total. The summed E-state index contributed by atoms with van der Waals surface area (Å²) in [4.78, 5) is 6.80. The second-order valence-corrected chi connectivity index (χ2v) is 5.45. The van der Waals surface area contributed by atoms with Crippen molar-refractivity contribution >= 4 is 17.4 Å². The monoisotopic (exact) mass is 267 g/mol. The van der Waals surface area contributed by atoms with Crippen molar-refractivity contribution in [1.29, 1.82) is 0 Å². The molecule has 2 heterocycles. The van der Waals surface area contributed by atoms with Gasteiger partial charge in [-0.15, -0.1) is 0 Å². The van der Waals surface area contributed by atoms with Crippen LogP contribution in [0, 0.1) is 5.92 Å². The molecule has 0 amide bonds. The van der Waals surface area contributed by atoms with Crippen molar-refractivity contribution < 1.29 is 0 Å². The number of pyridine rings is 1. The largest absolute Gasteiger partial charge is 0.355 e. The van der Waals surface area contributed by atoms with Crippen LogP contribution in [-0.2, 0) is 6.54 Å². The minimum absolute atomic E-state index is 0.491. The summed E-state index contributed by atoms with van der Waals surface area (Å²) in [6.07, 6.45) is 6.92. The molecule has 0 saturated carbocycles. The Balaban J connectivity index is 2.11. The molecule has 2 rings (SSSR count). The Morgan fingerprint density at radius 1 is 1.44 bits per heavy atom.